The lowest BCUT2D eigenvalue weighted by molar-refractivity contribution is 0.139. The molecule has 4 aromatic rings. The molecule has 1 N–H and O–H groups in total. The summed E-state index contributed by atoms with van der Waals surface area (Å²) in [7, 11) is 2.11. The van der Waals surface area contributed by atoms with Crippen LogP contribution in [-0.2, 0) is 6.54 Å². The molecule has 0 radical (unpaired) electrons. The summed E-state index contributed by atoms with van der Waals surface area (Å²) in [6.45, 7) is 2.45. The third-order valence-electron chi connectivity index (χ3n) is 6.24. The lowest BCUT2D eigenvalue weighted by Gasteiger charge is -2.40. The lowest BCUT2D eigenvalue weighted by Crippen LogP contribution is -2.40. The lowest BCUT2D eigenvalue weighted by atomic mass is 9.84. The first kappa shape index (κ1) is 21.1. The molecule has 7 nitrogen and oxygen atoms in total. The van der Waals surface area contributed by atoms with Gasteiger partial charge in [-0.05, 0) is 71.6 Å². The van der Waals surface area contributed by atoms with Gasteiger partial charge in [0.25, 0.3) is 0 Å². The van der Waals surface area contributed by atoms with E-state index in [0.29, 0.717) is 18.1 Å². The summed E-state index contributed by atoms with van der Waals surface area (Å²) < 4.78 is 20.0. The average molecular weight is 499 g/mol. The van der Waals surface area contributed by atoms with E-state index in [0.717, 1.165) is 53.1 Å². The number of nitrogens with one attached hydrogen (secondary N) is 1. The fourth-order valence-corrected chi connectivity index (χ4v) is 5.21. The van der Waals surface area contributed by atoms with Crippen molar-refractivity contribution in [2.45, 2.75) is 25.4 Å². The van der Waals surface area contributed by atoms with Crippen molar-refractivity contribution in [1.29, 1.82) is 0 Å². The van der Waals surface area contributed by atoms with E-state index in [9.17, 15) is 4.39 Å². The van der Waals surface area contributed by atoms with Crippen LogP contribution in [0.1, 0.15) is 30.2 Å². The van der Waals surface area contributed by atoms with Gasteiger partial charge in [0.1, 0.15) is 28.3 Å². The Hall–Kier alpha value is -2.78. The maximum Gasteiger partial charge on any atom is 0.187 e. The standard InChI is InChI=1S/C23H24BrFN6O/c1-30(13-18-3-2-12-32-18)20(15-4-6-17(25)7-5-15)16-8-10-31(11-9-16)23-19-21(24)28-29-22(19)26-14-27-23/h2-7,12,14,16,20H,8-11,13H2,1H3,(H,26,27,28,29). The van der Waals surface area contributed by atoms with Gasteiger partial charge in [0.2, 0.25) is 0 Å². The minimum absolute atomic E-state index is 0.161. The van der Waals surface area contributed by atoms with Crippen LogP contribution in [0.5, 0.6) is 0 Å². The first-order chi connectivity index (χ1) is 15.6. The van der Waals surface area contributed by atoms with E-state index in [1.807, 2.05) is 24.3 Å². The van der Waals surface area contributed by atoms with Crippen molar-refractivity contribution in [2.75, 3.05) is 25.0 Å². The molecular formula is C23H24BrFN6O. The summed E-state index contributed by atoms with van der Waals surface area (Å²) in [5.41, 5.74) is 1.78. The molecule has 0 saturated carbocycles. The fourth-order valence-electron chi connectivity index (χ4n) is 4.77. The van der Waals surface area contributed by atoms with E-state index >= 15 is 0 Å². The van der Waals surface area contributed by atoms with Gasteiger partial charge < -0.3 is 9.32 Å². The zero-order valence-electron chi connectivity index (χ0n) is 17.7. The largest absolute Gasteiger partial charge is 0.468 e. The first-order valence-electron chi connectivity index (χ1n) is 10.7. The van der Waals surface area contributed by atoms with Crippen LogP contribution in [0.4, 0.5) is 10.2 Å². The highest BCUT2D eigenvalue weighted by Gasteiger charge is 2.32. The van der Waals surface area contributed by atoms with Gasteiger partial charge in [-0.15, -0.1) is 0 Å². The molecule has 5 rings (SSSR count). The summed E-state index contributed by atoms with van der Waals surface area (Å²) in [6.07, 6.45) is 5.25. The summed E-state index contributed by atoms with van der Waals surface area (Å²) in [4.78, 5) is 13.4. The maximum absolute atomic E-state index is 13.6. The smallest absolute Gasteiger partial charge is 0.187 e. The molecule has 0 aliphatic carbocycles. The number of fused-ring (bicyclic) bond motifs is 1. The van der Waals surface area contributed by atoms with E-state index in [1.165, 1.54) is 0 Å². The molecule has 1 saturated heterocycles. The summed E-state index contributed by atoms with van der Waals surface area (Å²) in [5, 5.41) is 8.08. The molecule has 0 amide bonds. The van der Waals surface area contributed by atoms with Crippen LogP contribution in [0, 0.1) is 11.7 Å². The van der Waals surface area contributed by atoms with Gasteiger partial charge in [-0.1, -0.05) is 12.1 Å². The van der Waals surface area contributed by atoms with E-state index in [2.05, 4.69) is 52.9 Å². The zero-order chi connectivity index (χ0) is 22.1. The van der Waals surface area contributed by atoms with Gasteiger partial charge in [-0.3, -0.25) is 10.00 Å². The number of anilines is 1. The quantitative estimate of drug-likeness (QED) is 0.405. The Morgan fingerprint density at radius 3 is 2.72 bits per heavy atom. The topological polar surface area (TPSA) is 74.1 Å². The number of nitrogens with zero attached hydrogens (tertiary/aromatic N) is 5. The second-order valence-corrected chi connectivity index (χ2v) is 9.04. The second kappa shape index (κ2) is 8.99. The molecule has 32 heavy (non-hydrogen) atoms. The van der Waals surface area contributed by atoms with Crippen LogP contribution in [0.15, 0.2) is 58.0 Å². The average Bonchev–Trinajstić information content (AvgIpc) is 3.46. The number of hydrogen-bond acceptors (Lipinski definition) is 6. The minimum atomic E-state index is -0.213. The summed E-state index contributed by atoms with van der Waals surface area (Å²) in [6, 6.07) is 11.0. The third kappa shape index (κ3) is 4.14. The van der Waals surface area contributed by atoms with Gasteiger partial charge in [-0.25, -0.2) is 14.4 Å². The van der Waals surface area contributed by atoms with Gasteiger partial charge in [0.05, 0.1) is 18.2 Å². The summed E-state index contributed by atoms with van der Waals surface area (Å²) >= 11 is 3.53. The first-order valence-corrected chi connectivity index (χ1v) is 11.5. The predicted octanol–water partition coefficient (Wildman–Crippen LogP) is 4.94. The highest BCUT2D eigenvalue weighted by Crippen LogP contribution is 2.38. The zero-order valence-corrected chi connectivity index (χ0v) is 19.3. The van der Waals surface area contributed by atoms with Crippen molar-refractivity contribution in [3.63, 3.8) is 0 Å². The van der Waals surface area contributed by atoms with E-state index < -0.39 is 0 Å². The molecule has 0 bridgehead atoms. The Morgan fingerprint density at radius 1 is 1.22 bits per heavy atom. The number of furan rings is 1. The Morgan fingerprint density at radius 2 is 2.00 bits per heavy atom. The van der Waals surface area contributed by atoms with Crippen LogP contribution in [-0.4, -0.2) is 45.2 Å². The molecule has 1 aromatic carbocycles. The number of rotatable bonds is 6. The number of halogens is 2. The highest BCUT2D eigenvalue weighted by molar-refractivity contribution is 9.10. The number of aromatic amines is 1. The Labute approximate surface area is 193 Å². The maximum atomic E-state index is 13.6. The molecule has 1 fully saturated rings. The van der Waals surface area contributed by atoms with Crippen molar-refractivity contribution in [3.8, 4) is 0 Å². The number of H-pyrrole nitrogens is 1. The minimum Gasteiger partial charge on any atom is -0.468 e. The van der Waals surface area contributed by atoms with Gasteiger partial charge in [-0.2, -0.15) is 5.10 Å². The fraction of sp³-hybridized carbons (Fsp3) is 0.348. The summed E-state index contributed by atoms with van der Waals surface area (Å²) in [5.74, 6) is 2.03. The molecule has 9 heteroatoms. The monoisotopic (exact) mass is 498 g/mol. The molecule has 3 aromatic heterocycles. The molecule has 1 atom stereocenters. The number of aromatic nitrogens is 4. The Kier molecular flexibility index (Phi) is 5.93. The van der Waals surface area contributed by atoms with Crippen LogP contribution < -0.4 is 4.90 Å². The molecular weight excluding hydrogens is 475 g/mol. The van der Waals surface area contributed by atoms with Crippen molar-refractivity contribution in [3.05, 3.63) is 70.7 Å². The molecule has 1 aliphatic rings. The van der Waals surface area contributed by atoms with Crippen LogP contribution >= 0.6 is 15.9 Å². The third-order valence-corrected chi connectivity index (χ3v) is 6.82. The molecule has 4 heterocycles. The van der Waals surface area contributed by atoms with Gasteiger partial charge in [0.15, 0.2) is 5.65 Å². The number of benzene rings is 1. The van der Waals surface area contributed by atoms with Crippen LogP contribution in [0.25, 0.3) is 11.0 Å². The van der Waals surface area contributed by atoms with Gasteiger partial charge >= 0.3 is 0 Å². The molecule has 0 spiro atoms. The van der Waals surface area contributed by atoms with Crippen LogP contribution in [0.2, 0.25) is 0 Å². The van der Waals surface area contributed by atoms with E-state index in [-0.39, 0.29) is 11.9 Å². The van der Waals surface area contributed by atoms with E-state index in [4.69, 9.17) is 4.42 Å². The molecule has 1 aliphatic heterocycles. The van der Waals surface area contributed by atoms with Crippen molar-refractivity contribution >= 4 is 32.8 Å². The molecule has 166 valence electrons. The highest BCUT2D eigenvalue weighted by atomic mass is 79.9. The number of hydrogen-bond donors (Lipinski definition) is 1. The van der Waals surface area contributed by atoms with E-state index in [1.54, 1.807) is 24.7 Å². The normalized spacial score (nSPS) is 16.2. The molecule has 1 unspecified atom stereocenters. The van der Waals surface area contributed by atoms with Gasteiger partial charge in [0, 0.05) is 19.1 Å². The SMILES string of the molecule is CN(Cc1ccco1)C(c1ccc(F)cc1)C1CCN(c2ncnc3n[nH]c(Br)c23)CC1. The Bertz CT molecular complexity index is 1170. The Balaban J connectivity index is 1.37. The number of piperidine rings is 1. The second-order valence-electron chi connectivity index (χ2n) is 8.25. The van der Waals surface area contributed by atoms with Crippen molar-refractivity contribution in [2.24, 2.45) is 5.92 Å². The van der Waals surface area contributed by atoms with Crippen molar-refractivity contribution < 1.29 is 8.81 Å². The van der Waals surface area contributed by atoms with Crippen molar-refractivity contribution in [1.82, 2.24) is 25.1 Å². The predicted molar refractivity (Wildman–Crippen MR) is 124 cm³/mol. The van der Waals surface area contributed by atoms with Crippen LogP contribution in [0.3, 0.4) is 0 Å².